The molecule has 0 aliphatic heterocycles. The van der Waals surface area contributed by atoms with Gasteiger partial charge in [-0.15, -0.1) is 11.3 Å². The molecule has 0 fully saturated rings. The zero-order chi connectivity index (χ0) is 16.1. The van der Waals surface area contributed by atoms with Crippen molar-refractivity contribution >= 4 is 28.3 Å². The van der Waals surface area contributed by atoms with Gasteiger partial charge >= 0.3 is 0 Å². The standard InChI is InChI=1S/C15H18N4O2S/c1-10-9-19-13(11(2)18-15(19)22-10)7-12(8-16)14(20)17-5-4-6-21-3/h7,9H,4-6H2,1-3H3,(H,17,20)/b12-7-. The molecular formula is C15H18N4O2S. The molecule has 1 N–H and O–H groups in total. The molecule has 2 aromatic rings. The quantitative estimate of drug-likeness (QED) is 0.502. The summed E-state index contributed by atoms with van der Waals surface area (Å²) in [6.07, 6.45) is 4.26. The predicted octanol–water partition coefficient (Wildman–Crippen LogP) is 2.07. The number of aryl methyl sites for hydroxylation is 2. The number of carbonyl (C=O) groups excluding carboxylic acids is 1. The van der Waals surface area contributed by atoms with Crippen molar-refractivity contribution in [1.82, 2.24) is 14.7 Å². The lowest BCUT2D eigenvalue weighted by Gasteiger charge is -2.03. The normalized spacial score (nSPS) is 11.6. The summed E-state index contributed by atoms with van der Waals surface area (Å²) in [5.41, 5.74) is 1.64. The van der Waals surface area contributed by atoms with Crippen molar-refractivity contribution in [2.24, 2.45) is 0 Å². The monoisotopic (exact) mass is 318 g/mol. The Hall–Kier alpha value is -2.17. The molecule has 0 saturated carbocycles. The number of fused-ring (bicyclic) bond motifs is 1. The number of nitriles is 1. The predicted molar refractivity (Wildman–Crippen MR) is 85.6 cm³/mol. The summed E-state index contributed by atoms with van der Waals surface area (Å²) in [7, 11) is 1.61. The number of aromatic nitrogens is 2. The Labute approximate surface area is 133 Å². The second-order valence-electron chi connectivity index (χ2n) is 4.85. The fourth-order valence-electron chi connectivity index (χ4n) is 2.05. The maximum absolute atomic E-state index is 12.0. The van der Waals surface area contributed by atoms with E-state index in [9.17, 15) is 10.1 Å². The van der Waals surface area contributed by atoms with Crippen LogP contribution in [0.15, 0.2) is 11.8 Å². The highest BCUT2D eigenvalue weighted by Crippen LogP contribution is 2.22. The van der Waals surface area contributed by atoms with Gasteiger partial charge in [-0.05, 0) is 26.3 Å². The van der Waals surface area contributed by atoms with E-state index in [1.807, 2.05) is 30.5 Å². The lowest BCUT2D eigenvalue weighted by atomic mass is 10.2. The van der Waals surface area contributed by atoms with Crippen molar-refractivity contribution < 1.29 is 9.53 Å². The number of ether oxygens (including phenoxy) is 1. The van der Waals surface area contributed by atoms with Crippen LogP contribution < -0.4 is 5.32 Å². The lowest BCUT2D eigenvalue weighted by molar-refractivity contribution is -0.117. The minimum absolute atomic E-state index is 0.0752. The number of nitrogens with zero attached hydrogens (tertiary/aromatic N) is 3. The fraction of sp³-hybridized carbons (Fsp3) is 0.400. The molecule has 116 valence electrons. The molecule has 2 heterocycles. The number of hydrogen-bond acceptors (Lipinski definition) is 5. The van der Waals surface area contributed by atoms with Gasteiger partial charge in [-0.2, -0.15) is 5.26 Å². The molecule has 0 aliphatic rings. The highest BCUT2D eigenvalue weighted by atomic mass is 32.1. The molecule has 0 saturated heterocycles. The van der Waals surface area contributed by atoms with E-state index in [1.165, 1.54) is 0 Å². The summed E-state index contributed by atoms with van der Waals surface area (Å²) in [6.45, 7) is 4.91. The number of amides is 1. The molecule has 0 unspecified atom stereocenters. The van der Waals surface area contributed by atoms with Gasteiger partial charge in [-0.3, -0.25) is 9.20 Å². The second kappa shape index (κ2) is 7.20. The Bertz CT molecular complexity index is 752. The summed E-state index contributed by atoms with van der Waals surface area (Å²) in [4.78, 5) is 18.5. The van der Waals surface area contributed by atoms with Gasteiger partial charge in [-0.25, -0.2) is 4.98 Å². The minimum atomic E-state index is -0.375. The summed E-state index contributed by atoms with van der Waals surface area (Å²) < 4.78 is 6.83. The molecule has 0 bridgehead atoms. The summed E-state index contributed by atoms with van der Waals surface area (Å²) in [6, 6.07) is 1.96. The van der Waals surface area contributed by atoms with Crippen LogP contribution in [-0.2, 0) is 9.53 Å². The lowest BCUT2D eigenvalue weighted by Crippen LogP contribution is -2.26. The Morgan fingerprint density at radius 3 is 3.05 bits per heavy atom. The van der Waals surface area contributed by atoms with Crippen LogP contribution in [0.3, 0.4) is 0 Å². The third-order valence-corrected chi connectivity index (χ3v) is 4.02. The number of hydrogen-bond donors (Lipinski definition) is 1. The van der Waals surface area contributed by atoms with Crippen molar-refractivity contribution in [3.8, 4) is 6.07 Å². The number of imidazole rings is 1. The first-order valence-electron chi connectivity index (χ1n) is 6.91. The summed E-state index contributed by atoms with van der Waals surface area (Å²) >= 11 is 1.57. The zero-order valence-electron chi connectivity index (χ0n) is 12.8. The molecule has 2 aromatic heterocycles. The van der Waals surface area contributed by atoms with Crippen LogP contribution in [0.5, 0.6) is 0 Å². The van der Waals surface area contributed by atoms with Gasteiger partial charge < -0.3 is 10.1 Å². The van der Waals surface area contributed by atoms with Gasteiger partial charge in [0.2, 0.25) is 0 Å². The largest absolute Gasteiger partial charge is 0.385 e. The zero-order valence-corrected chi connectivity index (χ0v) is 13.7. The van der Waals surface area contributed by atoms with Crippen LogP contribution >= 0.6 is 11.3 Å². The van der Waals surface area contributed by atoms with Gasteiger partial charge in [0.05, 0.1) is 11.4 Å². The topological polar surface area (TPSA) is 79.4 Å². The van der Waals surface area contributed by atoms with E-state index in [0.717, 1.165) is 21.2 Å². The Morgan fingerprint density at radius 1 is 1.59 bits per heavy atom. The molecule has 0 spiro atoms. The molecule has 2 rings (SSSR count). The van der Waals surface area contributed by atoms with Gasteiger partial charge in [0.1, 0.15) is 11.6 Å². The van der Waals surface area contributed by atoms with Gasteiger partial charge in [0, 0.05) is 31.3 Å². The highest BCUT2D eigenvalue weighted by Gasteiger charge is 2.13. The van der Waals surface area contributed by atoms with Crippen LogP contribution in [0.25, 0.3) is 11.0 Å². The SMILES string of the molecule is COCCCNC(=O)/C(C#N)=C\c1c(C)nc2sc(C)cn12. The smallest absolute Gasteiger partial charge is 0.262 e. The van der Waals surface area contributed by atoms with Crippen LogP contribution in [0.2, 0.25) is 0 Å². The van der Waals surface area contributed by atoms with E-state index >= 15 is 0 Å². The molecule has 0 aromatic carbocycles. The third-order valence-electron chi connectivity index (χ3n) is 3.12. The number of methoxy groups -OCH3 is 1. The number of rotatable bonds is 6. The number of nitrogens with one attached hydrogen (secondary N) is 1. The molecular weight excluding hydrogens is 300 g/mol. The molecule has 0 aliphatic carbocycles. The van der Waals surface area contributed by atoms with Gasteiger partial charge in [-0.1, -0.05) is 0 Å². The summed E-state index contributed by atoms with van der Waals surface area (Å²) in [5, 5.41) is 12.0. The van der Waals surface area contributed by atoms with Gasteiger partial charge in [0.25, 0.3) is 5.91 Å². The number of carbonyl (C=O) groups is 1. The molecule has 7 heteroatoms. The van der Waals surface area contributed by atoms with E-state index < -0.39 is 0 Å². The van der Waals surface area contributed by atoms with Crippen LogP contribution in [0.1, 0.15) is 22.7 Å². The second-order valence-corrected chi connectivity index (χ2v) is 6.06. The van der Waals surface area contributed by atoms with E-state index in [0.29, 0.717) is 19.6 Å². The van der Waals surface area contributed by atoms with Crippen molar-refractivity contribution in [2.45, 2.75) is 20.3 Å². The highest BCUT2D eigenvalue weighted by molar-refractivity contribution is 7.17. The van der Waals surface area contributed by atoms with Crippen molar-refractivity contribution in [1.29, 1.82) is 5.26 Å². The molecule has 0 radical (unpaired) electrons. The molecule has 1 amide bonds. The first-order valence-corrected chi connectivity index (χ1v) is 7.72. The van der Waals surface area contributed by atoms with E-state index in [2.05, 4.69) is 10.3 Å². The van der Waals surface area contributed by atoms with Crippen LogP contribution in [-0.4, -0.2) is 35.6 Å². The molecule has 22 heavy (non-hydrogen) atoms. The van der Waals surface area contributed by atoms with Crippen LogP contribution in [0.4, 0.5) is 0 Å². The Kier molecular flexibility index (Phi) is 5.31. The third kappa shape index (κ3) is 3.53. The minimum Gasteiger partial charge on any atom is -0.385 e. The van der Waals surface area contributed by atoms with Crippen molar-refractivity contribution in [2.75, 3.05) is 20.3 Å². The first kappa shape index (κ1) is 16.2. The first-order chi connectivity index (χ1) is 10.6. The summed E-state index contributed by atoms with van der Waals surface area (Å²) in [5.74, 6) is -0.375. The van der Waals surface area contributed by atoms with Crippen molar-refractivity contribution in [3.63, 3.8) is 0 Å². The number of thiazole rings is 1. The van der Waals surface area contributed by atoms with E-state index in [1.54, 1.807) is 24.5 Å². The Morgan fingerprint density at radius 2 is 2.36 bits per heavy atom. The molecule has 6 nitrogen and oxygen atoms in total. The maximum Gasteiger partial charge on any atom is 0.262 e. The van der Waals surface area contributed by atoms with Crippen molar-refractivity contribution in [3.05, 3.63) is 28.0 Å². The average Bonchev–Trinajstić information content (AvgIpc) is 2.96. The molecule has 0 atom stereocenters. The van der Waals surface area contributed by atoms with Gasteiger partial charge in [0.15, 0.2) is 4.96 Å². The maximum atomic E-state index is 12.0. The van der Waals surface area contributed by atoms with E-state index in [-0.39, 0.29) is 11.5 Å². The average molecular weight is 318 g/mol. The fourth-order valence-corrected chi connectivity index (χ4v) is 2.93. The Balaban J connectivity index is 2.21. The van der Waals surface area contributed by atoms with E-state index in [4.69, 9.17) is 4.74 Å². The van der Waals surface area contributed by atoms with Crippen LogP contribution in [0, 0.1) is 25.2 Å².